The summed E-state index contributed by atoms with van der Waals surface area (Å²) in [5.74, 6) is -1.10. The molecule has 19 heavy (non-hydrogen) atoms. The molecule has 2 amide bonds. The summed E-state index contributed by atoms with van der Waals surface area (Å²) >= 11 is 0. The van der Waals surface area contributed by atoms with Crippen LogP contribution in [-0.2, 0) is 0 Å². The molecule has 0 atom stereocenters. The summed E-state index contributed by atoms with van der Waals surface area (Å²) in [6, 6.07) is 10.8. The molecule has 2 aromatic carbocycles. The number of fused-ring (bicyclic) bond motifs is 1. The Hall–Kier alpha value is -2.49. The first kappa shape index (κ1) is 11.6. The van der Waals surface area contributed by atoms with Crippen molar-refractivity contribution in [3.8, 4) is 0 Å². The Labute approximate surface area is 109 Å². The standard InChI is InChI=1S/C15H10FNO2/c1-9-8-10(6-7-13(9)16)17-14(18)11-4-2-3-5-12(11)15(17)19/h2-8H,1H3. The smallest absolute Gasteiger partial charge is 0.266 e. The van der Waals surface area contributed by atoms with Crippen LogP contribution in [0.25, 0.3) is 0 Å². The number of hydrogen-bond donors (Lipinski definition) is 0. The van der Waals surface area contributed by atoms with Gasteiger partial charge in [0, 0.05) is 0 Å². The van der Waals surface area contributed by atoms with Crippen LogP contribution in [0.2, 0.25) is 0 Å². The van der Waals surface area contributed by atoms with Gasteiger partial charge in [0.05, 0.1) is 16.8 Å². The molecule has 1 aliphatic rings. The molecule has 2 aromatic rings. The molecule has 0 aliphatic carbocycles. The number of hydrogen-bond acceptors (Lipinski definition) is 2. The second-order valence-electron chi connectivity index (χ2n) is 4.42. The van der Waals surface area contributed by atoms with Crippen molar-refractivity contribution in [2.75, 3.05) is 4.90 Å². The zero-order valence-electron chi connectivity index (χ0n) is 10.2. The predicted molar refractivity (Wildman–Crippen MR) is 68.7 cm³/mol. The average Bonchev–Trinajstić information content (AvgIpc) is 2.66. The number of aryl methyl sites for hydroxylation is 1. The Kier molecular flexibility index (Phi) is 2.45. The van der Waals surface area contributed by atoms with Crippen molar-refractivity contribution in [2.24, 2.45) is 0 Å². The molecule has 0 radical (unpaired) electrons. The van der Waals surface area contributed by atoms with Gasteiger partial charge in [0.15, 0.2) is 0 Å². The second kappa shape index (κ2) is 4.02. The molecule has 1 heterocycles. The highest BCUT2D eigenvalue weighted by molar-refractivity contribution is 6.34. The van der Waals surface area contributed by atoms with E-state index in [0.717, 1.165) is 4.90 Å². The SMILES string of the molecule is Cc1cc(N2C(=O)c3ccccc3C2=O)ccc1F. The van der Waals surface area contributed by atoms with E-state index < -0.39 is 0 Å². The summed E-state index contributed by atoms with van der Waals surface area (Å²) < 4.78 is 13.3. The van der Waals surface area contributed by atoms with Gasteiger partial charge in [-0.05, 0) is 42.8 Å². The molecule has 3 rings (SSSR count). The van der Waals surface area contributed by atoms with Crippen molar-refractivity contribution in [1.29, 1.82) is 0 Å². The fraction of sp³-hybridized carbons (Fsp3) is 0.0667. The van der Waals surface area contributed by atoms with Crippen LogP contribution in [0.4, 0.5) is 10.1 Å². The summed E-state index contributed by atoms with van der Waals surface area (Å²) in [5.41, 5.74) is 1.56. The number of imide groups is 1. The topological polar surface area (TPSA) is 37.4 Å². The van der Waals surface area contributed by atoms with Crippen LogP contribution in [0.1, 0.15) is 26.3 Å². The maximum Gasteiger partial charge on any atom is 0.266 e. The van der Waals surface area contributed by atoms with Gasteiger partial charge >= 0.3 is 0 Å². The Morgan fingerprint density at radius 3 is 2.05 bits per heavy atom. The lowest BCUT2D eigenvalue weighted by molar-refractivity contribution is 0.0926. The monoisotopic (exact) mass is 255 g/mol. The molecule has 4 heteroatoms. The van der Waals surface area contributed by atoms with Gasteiger partial charge in [-0.1, -0.05) is 12.1 Å². The van der Waals surface area contributed by atoms with Crippen molar-refractivity contribution in [3.63, 3.8) is 0 Å². The van der Waals surface area contributed by atoms with E-state index in [9.17, 15) is 14.0 Å². The molecular formula is C15H10FNO2. The van der Waals surface area contributed by atoms with Crippen LogP contribution < -0.4 is 4.90 Å². The number of anilines is 1. The Morgan fingerprint density at radius 1 is 0.947 bits per heavy atom. The maximum atomic E-state index is 13.3. The van der Waals surface area contributed by atoms with Crippen molar-refractivity contribution in [1.82, 2.24) is 0 Å². The summed E-state index contributed by atoms with van der Waals surface area (Å²) in [6.45, 7) is 1.59. The summed E-state index contributed by atoms with van der Waals surface area (Å²) in [6.07, 6.45) is 0. The van der Waals surface area contributed by atoms with Crippen LogP contribution in [-0.4, -0.2) is 11.8 Å². The lowest BCUT2D eigenvalue weighted by Gasteiger charge is -2.14. The van der Waals surface area contributed by atoms with E-state index in [4.69, 9.17) is 0 Å². The quantitative estimate of drug-likeness (QED) is 0.735. The van der Waals surface area contributed by atoms with Crippen LogP contribution >= 0.6 is 0 Å². The summed E-state index contributed by atoms with van der Waals surface area (Å²) in [7, 11) is 0. The Balaban J connectivity index is 2.11. The number of halogens is 1. The molecule has 0 N–H and O–H groups in total. The van der Waals surface area contributed by atoms with E-state index in [1.165, 1.54) is 18.2 Å². The lowest BCUT2D eigenvalue weighted by atomic mass is 10.1. The number of benzene rings is 2. The second-order valence-corrected chi connectivity index (χ2v) is 4.42. The van der Waals surface area contributed by atoms with Crippen LogP contribution in [0.15, 0.2) is 42.5 Å². The van der Waals surface area contributed by atoms with Crippen molar-refractivity contribution in [3.05, 3.63) is 65.0 Å². The molecule has 0 saturated heterocycles. The molecule has 3 nitrogen and oxygen atoms in total. The van der Waals surface area contributed by atoms with Gasteiger partial charge in [0.1, 0.15) is 5.82 Å². The predicted octanol–water partition coefficient (Wildman–Crippen LogP) is 2.93. The highest BCUT2D eigenvalue weighted by Crippen LogP contribution is 2.29. The normalized spacial score (nSPS) is 13.9. The number of rotatable bonds is 1. The molecular weight excluding hydrogens is 245 g/mol. The van der Waals surface area contributed by atoms with Gasteiger partial charge in [0.25, 0.3) is 11.8 Å². The molecule has 0 saturated carbocycles. The molecule has 1 aliphatic heterocycles. The lowest BCUT2D eigenvalue weighted by Crippen LogP contribution is -2.29. The van der Waals surface area contributed by atoms with E-state index >= 15 is 0 Å². The third-order valence-electron chi connectivity index (χ3n) is 3.19. The van der Waals surface area contributed by atoms with Crippen molar-refractivity contribution >= 4 is 17.5 Å². The van der Waals surface area contributed by atoms with E-state index in [-0.39, 0.29) is 17.6 Å². The minimum Gasteiger partial charge on any atom is -0.268 e. The van der Waals surface area contributed by atoms with Gasteiger partial charge < -0.3 is 0 Å². The average molecular weight is 255 g/mol. The number of amides is 2. The number of carbonyl (C=O) groups excluding carboxylic acids is 2. The highest BCUT2D eigenvalue weighted by Gasteiger charge is 2.36. The van der Waals surface area contributed by atoms with E-state index in [0.29, 0.717) is 22.4 Å². The zero-order chi connectivity index (χ0) is 13.6. The maximum absolute atomic E-state index is 13.3. The number of carbonyl (C=O) groups is 2. The molecule has 0 aromatic heterocycles. The molecule has 0 spiro atoms. The van der Waals surface area contributed by atoms with Gasteiger partial charge in [-0.2, -0.15) is 0 Å². The Bertz CT molecular complexity index is 674. The zero-order valence-corrected chi connectivity index (χ0v) is 10.2. The van der Waals surface area contributed by atoms with Gasteiger partial charge in [-0.15, -0.1) is 0 Å². The van der Waals surface area contributed by atoms with Crippen LogP contribution in [0.5, 0.6) is 0 Å². The number of nitrogens with zero attached hydrogens (tertiary/aromatic N) is 1. The minimum atomic E-state index is -0.369. The molecule has 0 bridgehead atoms. The third kappa shape index (κ3) is 1.64. The van der Waals surface area contributed by atoms with Gasteiger partial charge in [-0.25, -0.2) is 9.29 Å². The highest BCUT2D eigenvalue weighted by atomic mass is 19.1. The fourth-order valence-electron chi connectivity index (χ4n) is 2.19. The third-order valence-corrected chi connectivity index (χ3v) is 3.19. The van der Waals surface area contributed by atoms with E-state index in [1.807, 2.05) is 0 Å². The largest absolute Gasteiger partial charge is 0.268 e. The van der Waals surface area contributed by atoms with E-state index in [2.05, 4.69) is 0 Å². The first-order valence-electron chi connectivity index (χ1n) is 5.83. The minimum absolute atomic E-state index is 0.361. The molecule has 94 valence electrons. The van der Waals surface area contributed by atoms with Gasteiger partial charge in [0.2, 0.25) is 0 Å². The first-order valence-corrected chi connectivity index (χ1v) is 5.83. The van der Waals surface area contributed by atoms with Gasteiger partial charge in [-0.3, -0.25) is 9.59 Å². The van der Waals surface area contributed by atoms with E-state index in [1.54, 1.807) is 31.2 Å². The summed E-state index contributed by atoms with van der Waals surface area (Å²) in [5, 5.41) is 0. The molecule has 0 unspecified atom stereocenters. The summed E-state index contributed by atoms with van der Waals surface area (Å²) in [4.78, 5) is 25.5. The van der Waals surface area contributed by atoms with Crippen LogP contribution in [0.3, 0.4) is 0 Å². The van der Waals surface area contributed by atoms with Crippen molar-refractivity contribution < 1.29 is 14.0 Å². The first-order chi connectivity index (χ1) is 9.09. The van der Waals surface area contributed by atoms with Crippen molar-refractivity contribution in [2.45, 2.75) is 6.92 Å². The Morgan fingerprint density at radius 2 is 1.53 bits per heavy atom. The fourth-order valence-corrected chi connectivity index (χ4v) is 2.19. The molecule has 0 fully saturated rings. The van der Waals surface area contributed by atoms with Crippen LogP contribution in [0, 0.1) is 12.7 Å².